The lowest BCUT2D eigenvalue weighted by Gasteiger charge is -2.33. The van der Waals surface area contributed by atoms with Gasteiger partial charge in [-0.3, -0.25) is 9.69 Å². The van der Waals surface area contributed by atoms with Gasteiger partial charge in [0.05, 0.1) is 11.2 Å². The Labute approximate surface area is 205 Å². The molecule has 1 atom stereocenters. The molecule has 1 aliphatic heterocycles. The molecule has 3 aromatic carbocycles. The highest BCUT2D eigenvalue weighted by Crippen LogP contribution is 2.26. The fraction of sp³-hybridized carbons (Fsp3) is 0.241. The van der Waals surface area contributed by atoms with E-state index in [0.717, 1.165) is 34.4 Å². The van der Waals surface area contributed by atoms with Gasteiger partial charge in [0.25, 0.3) is 5.91 Å². The summed E-state index contributed by atoms with van der Waals surface area (Å²) in [7, 11) is 0. The summed E-state index contributed by atoms with van der Waals surface area (Å²) in [5.41, 5.74) is 5.38. The first kappa shape index (κ1) is 22.6. The highest BCUT2D eigenvalue weighted by Gasteiger charge is 2.18. The zero-order chi connectivity index (χ0) is 23.5. The third-order valence-electron chi connectivity index (χ3n) is 6.58. The summed E-state index contributed by atoms with van der Waals surface area (Å²) >= 11 is 6.02. The number of carbonyl (C=O) groups excluding carboxylic acids is 1. The predicted octanol–water partition coefficient (Wildman–Crippen LogP) is 7.18. The van der Waals surface area contributed by atoms with Crippen LogP contribution in [-0.4, -0.2) is 28.4 Å². The highest BCUT2D eigenvalue weighted by molar-refractivity contribution is 6.31. The van der Waals surface area contributed by atoms with Crippen molar-refractivity contribution in [3.8, 4) is 11.3 Å². The molecule has 1 N–H and O–H groups in total. The molecule has 34 heavy (non-hydrogen) atoms. The monoisotopic (exact) mass is 469 g/mol. The summed E-state index contributed by atoms with van der Waals surface area (Å²) in [5.74, 6) is -0.193. The number of rotatable bonds is 5. The molecule has 5 heteroatoms. The minimum absolute atomic E-state index is 0.193. The molecule has 1 amide bonds. The maximum Gasteiger partial charge on any atom is 0.255 e. The van der Waals surface area contributed by atoms with Crippen molar-refractivity contribution in [2.24, 2.45) is 0 Å². The Morgan fingerprint density at radius 3 is 2.76 bits per heavy atom. The molecule has 0 spiro atoms. The number of nitrogens with one attached hydrogen (secondary N) is 1. The molecule has 5 rings (SSSR count). The molecule has 4 nitrogen and oxygen atoms in total. The Bertz CT molecular complexity index is 1340. The quantitative estimate of drug-likeness (QED) is 0.336. The van der Waals surface area contributed by atoms with Gasteiger partial charge in [0.2, 0.25) is 0 Å². The van der Waals surface area contributed by atoms with Gasteiger partial charge >= 0.3 is 0 Å². The SMILES string of the molecule is CC1CCCCN1Cc1ccc2nc(-c3cccc(NC(=O)c4cccc(Cl)c4)c3)ccc2c1. The van der Waals surface area contributed by atoms with Crippen molar-refractivity contribution >= 4 is 34.1 Å². The van der Waals surface area contributed by atoms with Gasteiger partial charge in [-0.25, -0.2) is 4.98 Å². The van der Waals surface area contributed by atoms with Gasteiger partial charge in [-0.1, -0.05) is 48.4 Å². The van der Waals surface area contributed by atoms with Crippen molar-refractivity contribution in [2.45, 2.75) is 38.8 Å². The number of pyridine rings is 1. The van der Waals surface area contributed by atoms with E-state index in [4.69, 9.17) is 16.6 Å². The maximum absolute atomic E-state index is 12.6. The van der Waals surface area contributed by atoms with Crippen molar-refractivity contribution in [3.05, 3.63) is 95.0 Å². The Hall–Kier alpha value is -3.21. The number of anilines is 1. The molecule has 2 heterocycles. The Morgan fingerprint density at radius 1 is 1.03 bits per heavy atom. The van der Waals surface area contributed by atoms with Crippen LogP contribution in [0, 0.1) is 0 Å². The number of amides is 1. The number of fused-ring (bicyclic) bond motifs is 1. The fourth-order valence-corrected chi connectivity index (χ4v) is 4.84. The topological polar surface area (TPSA) is 45.2 Å². The molecule has 1 fully saturated rings. The summed E-state index contributed by atoms with van der Waals surface area (Å²) in [6, 6.07) is 26.1. The van der Waals surface area contributed by atoms with Gasteiger partial charge in [-0.15, -0.1) is 0 Å². The van der Waals surface area contributed by atoms with E-state index in [0.29, 0.717) is 16.6 Å². The molecular formula is C29H28ClN3O. The van der Waals surface area contributed by atoms with Crippen molar-refractivity contribution in [1.82, 2.24) is 9.88 Å². The summed E-state index contributed by atoms with van der Waals surface area (Å²) in [4.78, 5) is 20.1. The van der Waals surface area contributed by atoms with Gasteiger partial charge in [0.15, 0.2) is 0 Å². The van der Waals surface area contributed by atoms with Gasteiger partial charge in [0.1, 0.15) is 0 Å². The molecule has 0 saturated carbocycles. The third-order valence-corrected chi connectivity index (χ3v) is 6.82. The number of carbonyl (C=O) groups is 1. The van der Waals surface area contributed by atoms with Crippen LogP contribution in [0.25, 0.3) is 22.2 Å². The molecule has 172 valence electrons. The fourth-order valence-electron chi connectivity index (χ4n) is 4.65. The van der Waals surface area contributed by atoms with Crippen LogP contribution >= 0.6 is 11.6 Å². The molecule has 4 aromatic rings. The number of benzene rings is 3. The van der Waals surface area contributed by atoms with Crippen LogP contribution in [0.4, 0.5) is 5.69 Å². The molecule has 1 saturated heterocycles. The standard InChI is InChI=1S/C29H28ClN3O/c1-20-6-2-3-15-33(20)19-21-11-13-27-23(16-21)12-14-28(32-27)22-7-5-10-26(18-22)31-29(34)24-8-4-9-25(30)17-24/h4-5,7-14,16-18,20H,2-3,6,15,19H2,1H3,(H,31,34). The van der Waals surface area contributed by atoms with Crippen LogP contribution in [0.1, 0.15) is 42.1 Å². The molecule has 1 unspecified atom stereocenters. The number of halogens is 1. The van der Waals surface area contributed by atoms with E-state index in [9.17, 15) is 4.79 Å². The largest absolute Gasteiger partial charge is 0.322 e. The first-order valence-corrected chi connectivity index (χ1v) is 12.2. The molecule has 1 aliphatic rings. The Balaban J connectivity index is 1.34. The number of hydrogen-bond donors (Lipinski definition) is 1. The van der Waals surface area contributed by atoms with Crippen LogP contribution in [0.15, 0.2) is 78.9 Å². The molecule has 0 radical (unpaired) electrons. The van der Waals surface area contributed by atoms with Crippen molar-refractivity contribution in [3.63, 3.8) is 0 Å². The first-order valence-electron chi connectivity index (χ1n) is 11.9. The Kier molecular flexibility index (Phi) is 6.61. The third kappa shape index (κ3) is 5.14. The smallest absolute Gasteiger partial charge is 0.255 e. The number of hydrogen-bond acceptors (Lipinski definition) is 3. The lowest BCUT2D eigenvalue weighted by atomic mass is 10.0. The minimum atomic E-state index is -0.193. The van der Waals surface area contributed by atoms with Gasteiger partial charge in [-0.2, -0.15) is 0 Å². The molecule has 0 aliphatic carbocycles. The van der Waals surface area contributed by atoms with E-state index < -0.39 is 0 Å². The average molecular weight is 470 g/mol. The second kappa shape index (κ2) is 9.96. The molecular weight excluding hydrogens is 442 g/mol. The van der Waals surface area contributed by atoms with Crippen LogP contribution in [-0.2, 0) is 6.54 Å². The highest BCUT2D eigenvalue weighted by atomic mass is 35.5. The summed E-state index contributed by atoms with van der Waals surface area (Å²) in [6.45, 7) is 4.51. The first-order chi connectivity index (χ1) is 16.5. The van der Waals surface area contributed by atoms with E-state index >= 15 is 0 Å². The van der Waals surface area contributed by atoms with Crippen LogP contribution in [0.3, 0.4) is 0 Å². The number of aromatic nitrogens is 1. The van der Waals surface area contributed by atoms with Crippen LogP contribution < -0.4 is 5.32 Å². The summed E-state index contributed by atoms with van der Waals surface area (Å²) in [5, 5.41) is 4.64. The second-order valence-electron chi connectivity index (χ2n) is 9.08. The van der Waals surface area contributed by atoms with Crippen molar-refractivity contribution < 1.29 is 4.79 Å². The summed E-state index contributed by atoms with van der Waals surface area (Å²) < 4.78 is 0. The zero-order valence-corrected chi connectivity index (χ0v) is 20.1. The van der Waals surface area contributed by atoms with E-state index in [2.05, 4.69) is 41.4 Å². The number of nitrogens with zero attached hydrogens (tertiary/aromatic N) is 2. The van der Waals surface area contributed by atoms with E-state index in [1.807, 2.05) is 30.3 Å². The van der Waals surface area contributed by atoms with Crippen LogP contribution in [0.5, 0.6) is 0 Å². The van der Waals surface area contributed by atoms with Crippen LogP contribution in [0.2, 0.25) is 5.02 Å². The number of piperidine rings is 1. The zero-order valence-electron chi connectivity index (χ0n) is 19.3. The minimum Gasteiger partial charge on any atom is -0.322 e. The molecule has 0 bridgehead atoms. The van der Waals surface area contributed by atoms with Gasteiger partial charge < -0.3 is 5.32 Å². The maximum atomic E-state index is 12.6. The lowest BCUT2D eigenvalue weighted by Crippen LogP contribution is -2.36. The van der Waals surface area contributed by atoms with Gasteiger partial charge in [-0.05, 0) is 80.4 Å². The van der Waals surface area contributed by atoms with E-state index in [1.54, 1.807) is 24.3 Å². The van der Waals surface area contributed by atoms with E-state index in [-0.39, 0.29) is 5.91 Å². The van der Waals surface area contributed by atoms with Crippen molar-refractivity contribution in [1.29, 1.82) is 0 Å². The number of likely N-dealkylation sites (tertiary alicyclic amines) is 1. The lowest BCUT2D eigenvalue weighted by molar-refractivity contribution is 0.102. The van der Waals surface area contributed by atoms with Gasteiger partial charge in [0, 0.05) is 39.8 Å². The average Bonchev–Trinajstić information content (AvgIpc) is 2.85. The molecule has 1 aromatic heterocycles. The Morgan fingerprint density at radius 2 is 1.91 bits per heavy atom. The predicted molar refractivity (Wildman–Crippen MR) is 140 cm³/mol. The normalized spacial score (nSPS) is 16.5. The summed E-state index contributed by atoms with van der Waals surface area (Å²) in [6.07, 6.45) is 3.92. The van der Waals surface area contributed by atoms with E-state index in [1.165, 1.54) is 31.4 Å². The van der Waals surface area contributed by atoms with Crippen molar-refractivity contribution in [2.75, 3.05) is 11.9 Å². The second-order valence-corrected chi connectivity index (χ2v) is 9.52.